The highest BCUT2D eigenvalue weighted by molar-refractivity contribution is 5.89. The zero-order chi connectivity index (χ0) is 15.4. The summed E-state index contributed by atoms with van der Waals surface area (Å²) in [5, 5.41) is 12.8. The second-order valence-corrected chi connectivity index (χ2v) is 5.23. The quantitative estimate of drug-likeness (QED) is 0.804. The first-order valence-corrected chi connectivity index (χ1v) is 7.42. The number of pyridine rings is 1. The van der Waals surface area contributed by atoms with Gasteiger partial charge in [-0.1, -0.05) is 0 Å². The van der Waals surface area contributed by atoms with Crippen LogP contribution in [-0.2, 0) is 12.8 Å². The van der Waals surface area contributed by atoms with E-state index >= 15 is 0 Å². The highest BCUT2D eigenvalue weighted by Gasteiger charge is 2.21. The van der Waals surface area contributed by atoms with Crippen molar-refractivity contribution < 1.29 is 9.53 Å². The Morgan fingerprint density at radius 3 is 3.14 bits per heavy atom. The number of carbonyl (C=O) groups excluding carboxylic acids is 1. The predicted molar refractivity (Wildman–Crippen MR) is 82.0 cm³/mol. The Morgan fingerprint density at radius 1 is 1.45 bits per heavy atom. The number of aryl methyl sites for hydroxylation is 1. The van der Waals surface area contributed by atoms with Crippen LogP contribution in [0.5, 0.6) is 5.88 Å². The number of aromatic amines is 1. The van der Waals surface area contributed by atoms with Crippen LogP contribution in [0.2, 0.25) is 0 Å². The second kappa shape index (κ2) is 6.46. The molecule has 0 aromatic carbocycles. The summed E-state index contributed by atoms with van der Waals surface area (Å²) in [5.41, 5.74) is 2.99. The van der Waals surface area contributed by atoms with Crippen LogP contribution < -0.4 is 15.4 Å². The molecule has 7 heteroatoms. The van der Waals surface area contributed by atoms with Gasteiger partial charge in [0.1, 0.15) is 0 Å². The third-order valence-corrected chi connectivity index (χ3v) is 3.64. The van der Waals surface area contributed by atoms with Crippen LogP contribution >= 0.6 is 0 Å². The van der Waals surface area contributed by atoms with E-state index in [-0.39, 0.29) is 12.1 Å². The number of rotatable bonds is 4. The van der Waals surface area contributed by atoms with Crippen LogP contribution in [0.3, 0.4) is 0 Å². The minimum atomic E-state index is -0.220. The number of amides is 2. The summed E-state index contributed by atoms with van der Waals surface area (Å²) in [6.07, 6.45) is 6.03. The van der Waals surface area contributed by atoms with E-state index in [9.17, 15) is 4.79 Å². The fraction of sp³-hybridized carbons (Fsp3) is 0.400. The van der Waals surface area contributed by atoms with Gasteiger partial charge in [0.2, 0.25) is 5.88 Å². The standard InChI is InChI=1S/C15H19N5O2/c1-2-22-14-6-4-12(9-16-14)19-15(21)18-11-3-5-13-10(7-11)8-17-20-13/h4,6,8-9,11H,2-3,5,7H2,1H3,(H,17,20)(H2,18,19,21)/t11-/m1/s1. The molecule has 1 aliphatic rings. The van der Waals surface area contributed by atoms with Gasteiger partial charge in [-0.05, 0) is 37.8 Å². The zero-order valence-electron chi connectivity index (χ0n) is 12.4. The summed E-state index contributed by atoms with van der Waals surface area (Å²) in [4.78, 5) is 16.2. The molecule has 1 atom stereocenters. The monoisotopic (exact) mass is 301 g/mol. The highest BCUT2D eigenvalue weighted by atomic mass is 16.5. The van der Waals surface area contributed by atoms with Crippen LogP contribution in [0.1, 0.15) is 24.6 Å². The number of nitrogens with zero attached hydrogens (tertiary/aromatic N) is 2. The number of aromatic nitrogens is 3. The molecule has 22 heavy (non-hydrogen) atoms. The van der Waals surface area contributed by atoms with E-state index in [4.69, 9.17) is 4.74 Å². The Morgan fingerprint density at radius 2 is 2.36 bits per heavy atom. The van der Waals surface area contributed by atoms with Crippen molar-refractivity contribution in [3.8, 4) is 5.88 Å². The van der Waals surface area contributed by atoms with E-state index < -0.39 is 0 Å². The molecule has 0 bridgehead atoms. The molecular weight excluding hydrogens is 282 g/mol. The van der Waals surface area contributed by atoms with Crippen LogP contribution in [0.25, 0.3) is 0 Å². The average Bonchev–Trinajstić information content (AvgIpc) is 2.97. The molecule has 0 spiro atoms. The smallest absolute Gasteiger partial charge is 0.319 e. The third-order valence-electron chi connectivity index (χ3n) is 3.64. The number of ether oxygens (including phenoxy) is 1. The molecule has 0 saturated carbocycles. The van der Waals surface area contributed by atoms with Gasteiger partial charge in [-0.3, -0.25) is 5.10 Å². The number of hydrogen-bond acceptors (Lipinski definition) is 4. The summed E-state index contributed by atoms with van der Waals surface area (Å²) in [7, 11) is 0. The maximum absolute atomic E-state index is 12.0. The molecule has 3 N–H and O–H groups in total. The summed E-state index contributed by atoms with van der Waals surface area (Å²) in [5.74, 6) is 0.549. The summed E-state index contributed by atoms with van der Waals surface area (Å²) >= 11 is 0. The molecule has 0 aliphatic heterocycles. The van der Waals surface area contributed by atoms with Crippen molar-refractivity contribution in [2.24, 2.45) is 0 Å². The van der Waals surface area contributed by atoms with Crippen molar-refractivity contribution in [3.63, 3.8) is 0 Å². The number of nitrogens with one attached hydrogen (secondary N) is 3. The molecule has 2 aromatic heterocycles. The second-order valence-electron chi connectivity index (χ2n) is 5.23. The van der Waals surface area contributed by atoms with Crippen molar-refractivity contribution >= 4 is 11.7 Å². The largest absolute Gasteiger partial charge is 0.478 e. The predicted octanol–water partition coefficient (Wildman–Crippen LogP) is 1.88. The van der Waals surface area contributed by atoms with Gasteiger partial charge in [0.25, 0.3) is 0 Å². The fourth-order valence-electron chi connectivity index (χ4n) is 2.58. The van der Waals surface area contributed by atoms with Crippen molar-refractivity contribution in [2.75, 3.05) is 11.9 Å². The molecule has 1 aliphatic carbocycles. The number of anilines is 1. The van der Waals surface area contributed by atoms with Gasteiger partial charge in [0.05, 0.1) is 24.7 Å². The Bertz CT molecular complexity index is 638. The van der Waals surface area contributed by atoms with E-state index in [0.29, 0.717) is 18.2 Å². The van der Waals surface area contributed by atoms with E-state index in [1.807, 2.05) is 13.1 Å². The van der Waals surface area contributed by atoms with Crippen LogP contribution in [0.15, 0.2) is 24.5 Å². The number of H-pyrrole nitrogens is 1. The van der Waals surface area contributed by atoms with Crippen molar-refractivity contribution in [3.05, 3.63) is 35.8 Å². The Hall–Kier alpha value is -2.57. The lowest BCUT2D eigenvalue weighted by atomic mass is 9.94. The first-order chi connectivity index (χ1) is 10.7. The Labute approximate surface area is 128 Å². The topological polar surface area (TPSA) is 91.9 Å². The van der Waals surface area contributed by atoms with Crippen molar-refractivity contribution in [1.82, 2.24) is 20.5 Å². The van der Waals surface area contributed by atoms with Crippen molar-refractivity contribution in [2.45, 2.75) is 32.2 Å². The average molecular weight is 301 g/mol. The van der Waals surface area contributed by atoms with Crippen molar-refractivity contribution in [1.29, 1.82) is 0 Å². The van der Waals surface area contributed by atoms with E-state index in [0.717, 1.165) is 19.3 Å². The lowest BCUT2D eigenvalue weighted by molar-refractivity contribution is 0.247. The van der Waals surface area contributed by atoms with Gasteiger partial charge in [-0.15, -0.1) is 0 Å². The number of hydrogen-bond donors (Lipinski definition) is 3. The molecule has 2 amide bonds. The summed E-state index contributed by atoms with van der Waals surface area (Å²) in [6.45, 7) is 2.47. The summed E-state index contributed by atoms with van der Waals surface area (Å²) < 4.78 is 5.26. The first kappa shape index (κ1) is 14.4. The molecule has 0 unspecified atom stereocenters. The SMILES string of the molecule is CCOc1ccc(NC(=O)N[C@@H]2CCc3[nH]ncc3C2)cn1. The Balaban J connectivity index is 1.52. The first-order valence-electron chi connectivity index (χ1n) is 7.42. The van der Waals surface area contributed by atoms with Crippen LogP contribution in [0.4, 0.5) is 10.5 Å². The van der Waals surface area contributed by atoms with Gasteiger partial charge in [-0.25, -0.2) is 9.78 Å². The summed E-state index contributed by atoms with van der Waals surface area (Å²) in [6, 6.07) is 3.41. The molecule has 116 valence electrons. The maximum Gasteiger partial charge on any atom is 0.319 e. The molecule has 3 rings (SSSR count). The van der Waals surface area contributed by atoms with E-state index in [1.165, 1.54) is 11.3 Å². The molecule has 2 heterocycles. The molecule has 0 radical (unpaired) electrons. The lowest BCUT2D eigenvalue weighted by Gasteiger charge is -2.22. The molecular formula is C15H19N5O2. The minimum absolute atomic E-state index is 0.126. The number of urea groups is 1. The molecule has 0 saturated heterocycles. The van der Waals surface area contributed by atoms with Gasteiger partial charge in [0, 0.05) is 17.8 Å². The minimum Gasteiger partial charge on any atom is -0.478 e. The Kier molecular flexibility index (Phi) is 4.22. The van der Waals surface area contributed by atoms with Gasteiger partial charge in [0.15, 0.2) is 0 Å². The third kappa shape index (κ3) is 3.36. The normalized spacial score (nSPS) is 16.7. The molecule has 2 aromatic rings. The number of carbonyl (C=O) groups is 1. The van der Waals surface area contributed by atoms with E-state index in [1.54, 1.807) is 18.3 Å². The fourth-order valence-corrected chi connectivity index (χ4v) is 2.58. The van der Waals surface area contributed by atoms with Crippen LogP contribution in [-0.4, -0.2) is 33.9 Å². The number of fused-ring (bicyclic) bond motifs is 1. The van der Waals surface area contributed by atoms with Gasteiger partial charge in [-0.2, -0.15) is 5.10 Å². The van der Waals surface area contributed by atoms with E-state index in [2.05, 4.69) is 25.8 Å². The van der Waals surface area contributed by atoms with Gasteiger partial charge < -0.3 is 15.4 Å². The van der Waals surface area contributed by atoms with Crippen LogP contribution in [0, 0.1) is 0 Å². The molecule has 7 nitrogen and oxygen atoms in total. The molecule has 0 fully saturated rings. The van der Waals surface area contributed by atoms with Gasteiger partial charge >= 0.3 is 6.03 Å². The lowest BCUT2D eigenvalue weighted by Crippen LogP contribution is -2.41. The zero-order valence-corrected chi connectivity index (χ0v) is 12.4. The maximum atomic E-state index is 12.0. The highest BCUT2D eigenvalue weighted by Crippen LogP contribution is 2.19.